The summed E-state index contributed by atoms with van der Waals surface area (Å²) in [6, 6.07) is 0. The Labute approximate surface area is 52.2 Å². The Kier molecular flexibility index (Phi) is 1.22. The Hall–Kier alpha value is -1.32. The van der Waals surface area contributed by atoms with E-state index in [2.05, 4.69) is 4.99 Å². The maximum Gasteiger partial charge on any atom is 0.248 e. The van der Waals surface area contributed by atoms with Gasteiger partial charge in [0.25, 0.3) is 0 Å². The van der Waals surface area contributed by atoms with Crippen molar-refractivity contribution in [2.24, 2.45) is 16.5 Å². The predicted molar refractivity (Wildman–Crippen MR) is 33.5 cm³/mol. The Morgan fingerprint density at radius 2 is 2.44 bits per heavy atom. The summed E-state index contributed by atoms with van der Waals surface area (Å²) in [5.41, 5.74) is 10.6. The standard InChI is InChI=1S/C5H7N3O/c6-4-3(5(7)9)1-2-8-4/h2H,1,6H2,(H2,7,9). The second kappa shape index (κ2) is 1.89. The van der Waals surface area contributed by atoms with Crippen molar-refractivity contribution in [2.45, 2.75) is 6.42 Å². The van der Waals surface area contributed by atoms with Crippen molar-refractivity contribution in [1.29, 1.82) is 0 Å². The van der Waals surface area contributed by atoms with Crippen molar-refractivity contribution >= 4 is 12.1 Å². The molecule has 1 amide bonds. The zero-order valence-electron chi connectivity index (χ0n) is 4.79. The molecule has 4 heteroatoms. The molecule has 0 saturated heterocycles. The number of carbonyl (C=O) groups is 1. The van der Waals surface area contributed by atoms with E-state index in [1.165, 1.54) is 0 Å². The molecule has 0 fully saturated rings. The number of hydrogen-bond donors (Lipinski definition) is 2. The lowest BCUT2D eigenvalue weighted by atomic mass is 10.2. The second-order valence-corrected chi connectivity index (χ2v) is 1.74. The molecular weight excluding hydrogens is 118 g/mol. The van der Waals surface area contributed by atoms with Gasteiger partial charge in [0.05, 0.1) is 5.57 Å². The molecule has 0 aliphatic carbocycles. The third-order valence-electron chi connectivity index (χ3n) is 1.13. The molecule has 1 aliphatic rings. The van der Waals surface area contributed by atoms with E-state index in [1.807, 2.05) is 0 Å². The van der Waals surface area contributed by atoms with Crippen LogP contribution in [0.2, 0.25) is 0 Å². The number of aliphatic imine (C=N–C) groups is 1. The largest absolute Gasteiger partial charge is 0.383 e. The van der Waals surface area contributed by atoms with E-state index in [1.54, 1.807) is 6.21 Å². The number of nitrogens with two attached hydrogens (primary N) is 2. The Morgan fingerprint density at radius 3 is 2.67 bits per heavy atom. The minimum atomic E-state index is -0.481. The molecule has 0 aromatic heterocycles. The van der Waals surface area contributed by atoms with E-state index in [9.17, 15) is 4.79 Å². The number of amides is 1. The smallest absolute Gasteiger partial charge is 0.248 e. The van der Waals surface area contributed by atoms with Crippen molar-refractivity contribution in [2.75, 3.05) is 0 Å². The van der Waals surface area contributed by atoms with Gasteiger partial charge in [-0.15, -0.1) is 0 Å². The maximum absolute atomic E-state index is 10.4. The van der Waals surface area contributed by atoms with Crippen molar-refractivity contribution < 1.29 is 4.79 Å². The summed E-state index contributed by atoms with van der Waals surface area (Å²) in [4.78, 5) is 14.1. The van der Waals surface area contributed by atoms with Crippen molar-refractivity contribution in [3.8, 4) is 0 Å². The molecule has 1 rings (SSSR count). The topological polar surface area (TPSA) is 81.5 Å². The average Bonchev–Trinajstić information content (AvgIpc) is 2.13. The average molecular weight is 125 g/mol. The van der Waals surface area contributed by atoms with Gasteiger partial charge in [0, 0.05) is 12.6 Å². The first kappa shape index (κ1) is 5.81. The van der Waals surface area contributed by atoms with Crippen LogP contribution in [0, 0.1) is 0 Å². The highest BCUT2D eigenvalue weighted by atomic mass is 16.1. The van der Waals surface area contributed by atoms with Crippen LogP contribution < -0.4 is 11.5 Å². The summed E-state index contributed by atoms with van der Waals surface area (Å²) in [5.74, 6) is -0.229. The van der Waals surface area contributed by atoms with Crippen molar-refractivity contribution in [1.82, 2.24) is 0 Å². The summed E-state index contributed by atoms with van der Waals surface area (Å²) < 4.78 is 0. The van der Waals surface area contributed by atoms with E-state index < -0.39 is 5.91 Å². The molecule has 9 heavy (non-hydrogen) atoms. The molecular formula is C5H7N3O. The van der Waals surface area contributed by atoms with Gasteiger partial charge >= 0.3 is 0 Å². The maximum atomic E-state index is 10.4. The predicted octanol–water partition coefficient (Wildman–Crippen LogP) is -0.883. The zero-order chi connectivity index (χ0) is 6.85. The van der Waals surface area contributed by atoms with Crippen molar-refractivity contribution in [3.05, 3.63) is 11.4 Å². The van der Waals surface area contributed by atoms with Gasteiger partial charge in [0.2, 0.25) is 5.91 Å². The van der Waals surface area contributed by atoms with Crippen LogP contribution in [-0.2, 0) is 4.79 Å². The van der Waals surface area contributed by atoms with Crippen LogP contribution in [0.5, 0.6) is 0 Å². The number of nitrogens with zero attached hydrogens (tertiary/aromatic N) is 1. The summed E-state index contributed by atoms with van der Waals surface area (Å²) >= 11 is 0. The minimum Gasteiger partial charge on any atom is -0.383 e. The monoisotopic (exact) mass is 125 g/mol. The highest BCUT2D eigenvalue weighted by Crippen LogP contribution is 2.09. The summed E-state index contributed by atoms with van der Waals surface area (Å²) in [6.07, 6.45) is 2.04. The first-order valence-electron chi connectivity index (χ1n) is 2.53. The number of primary amides is 1. The molecule has 48 valence electrons. The fourth-order valence-electron chi connectivity index (χ4n) is 0.645. The fourth-order valence-corrected chi connectivity index (χ4v) is 0.645. The Bertz CT molecular complexity index is 204. The van der Waals surface area contributed by atoms with E-state index >= 15 is 0 Å². The van der Waals surface area contributed by atoms with Crippen LogP contribution in [-0.4, -0.2) is 12.1 Å². The molecule has 0 aromatic rings. The molecule has 4 N–H and O–H groups in total. The second-order valence-electron chi connectivity index (χ2n) is 1.74. The summed E-state index contributed by atoms with van der Waals surface area (Å²) in [7, 11) is 0. The van der Waals surface area contributed by atoms with Crippen LogP contribution in [0.1, 0.15) is 6.42 Å². The lowest BCUT2D eigenvalue weighted by Crippen LogP contribution is -2.15. The van der Waals surface area contributed by atoms with Crippen LogP contribution in [0.4, 0.5) is 0 Å². The summed E-state index contributed by atoms with van der Waals surface area (Å²) in [5, 5.41) is 0. The van der Waals surface area contributed by atoms with Crippen LogP contribution in [0.25, 0.3) is 0 Å². The van der Waals surface area contributed by atoms with Gasteiger partial charge in [-0.2, -0.15) is 0 Å². The molecule has 0 atom stereocenters. The van der Waals surface area contributed by atoms with Gasteiger partial charge < -0.3 is 11.5 Å². The van der Waals surface area contributed by atoms with Gasteiger partial charge in [0.15, 0.2) is 0 Å². The Morgan fingerprint density at radius 1 is 1.78 bits per heavy atom. The van der Waals surface area contributed by atoms with E-state index in [-0.39, 0.29) is 5.82 Å². The molecule has 0 bridgehead atoms. The minimum absolute atomic E-state index is 0.252. The van der Waals surface area contributed by atoms with Gasteiger partial charge in [-0.05, 0) is 0 Å². The zero-order valence-corrected chi connectivity index (χ0v) is 4.79. The molecule has 0 aromatic carbocycles. The summed E-state index contributed by atoms with van der Waals surface area (Å²) in [6.45, 7) is 0. The number of carbonyl (C=O) groups excluding carboxylic acids is 1. The normalized spacial score (nSPS) is 16.9. The van der Waals surface area contributed by atoms with E-state index in [0.29, 0.717) is 12.0 Å². The van der Waals surface area contributed by atoms with Crippen molar-refractivity contribution in [3.63, 3.8) is 0 Å². The number of rotatable bonds is 1. The lowest BCUT2D eigenvalue weighted by Gasteiger charge is -1.92. The molecule has 0 radical (unpaired) electrons. The molecule has 1 aliphatic heterocycles. The van der Waals surface area contributed by atoms with Crippen LogP contribution in [0.3, 0.4) is 0 Å². The third kappa shape index (κ3) is 0.910. The Balaban J connectivity index is 2.85. The molecule has 0 spiro atoms. The lowest BCUT2D eigenvalue weighted by molar-refractivity contribution is -0.114. The number of hydrogen-bond acceptors (Lipinski definition) is 3. The van der Waals surface area contributed by atoms with Gasteiger partial charge in [-0.1, -0.05) is 0 Å². The first-order chi connectivity index (χ1) is 4.22. The molecule has 0 unspecified atom stereocenters. The first-order valence-corrected chi connectivity index (χ1v) is 2.53. The molecule has 0 saturated carbocycles. The highest BCUT2D eigenvalue weighted by molar-refractivity contribution is 5.97. The molecule has 4 nitrogen and oxygen atoms in total. The third-order valence-corrected chi connectivity index (χ3v) is 1.13. The SMILES string of the molecule is NC(=O)C1=C(N)N=CC1. The van der Waals surface area contributed by atoms with Crippen LogP contribution in [0.15, 0.2) is 16.4 Å². The highest BCUT2D eigenvalue weighted by Gasteiger charge is 2.11. The fraction of sp³-hybridized carbons (Fsp3) is 0.200. The van der Waals surface area contributed by atoms with Gasteiger partial charge in [0.1, 0.15) is 5.82 Å². The van der Waals surface area contributed by atoms with Gasteiger partial charge in [-0.3, -0.25) is 4.79 Å². The van der Waals surface area contributed by atoms with Crippen LogP contribution >= 0.6 is 0 Å². The van der Waals surface area contributed by atoms with E-state index in [4.69, 9.17) is 11.5 Å². The molecule has 1 heterocycles. The van der Waals surface area contributed by atoms with Gasteiger partial charge in [-0.25, -0.2) is 4.99 Å². The quantitative estimate of drug-likeness (QED) is 0.477. The van der Waals surface area contributed by atoms with E-state index in [0.717, 1.165) is 0 Å².